The number of aryl methyl sites for hydroxylation is 1. The highest BCUT2D eigenvalue weighted by atomic mass is 16.5. The van der Waals surface area contributed by atoms with E-state index in [0.29, 0.717) is 18.3 Å². The van der Waals surface area contributed by atoms with Gasteiger partial charge in [0.1, 0.15) is 5.75 Å². The van der Waals surface area contributed by atoms with Crippen LogP contribution in [0.3, 0.4) is 0 Å². The molecule has 0 radical (unpaired) electrons. The molecule has 0 bridgehead atoms. The van der Waals surface area contributed by atoms with Crippen LogP contribution in [0, 0.1) is 6.92 Å². The molecule has 1 aromatic rings. The number of quaternary nitrogens is 1. The Morgan fingerprint density at radius 3 is 2.95 bits per heavy atom. The molecule has 0 aromatic heterocycles. The first kappa shape index (κ1) is 14.9. The van der Waals surface area contributed by atoms with Gasteiger partial charge in [-0.2, -0.15) is 0 Å². The number of likely N-dealkylation sites (tertiary alicyclic amines) is 1. The molecule has 2 N–H and O–H groups in total. The molecular formula is C16H25N2O2+. The number of rotatable bonds is 4. The van der Waals surface area contributed by atoms with Crippen LogP contribution >= 0.6 is 0 Å². The molecule has 1 saturated heterocycles. The van der Waals surface area contributed by atoms with Gasteiger partial charge in [-0.25, -0.2) is 0 Å². The number of amides is 1. The maximum Gasteiger partial charge on any atom is 0.279 e. The summed E-state index contributed by atoms with van der Waals surface area (Å²) in [6.07, 6.45) is 3.73. The van der Waals surface area contributed by atoms with Crippen molar-refractivity contribution in [3.05, 3.63) is 23.8 Å². The Labute approximate surface area is 121 Å². The first-order chi connectivity index (χ1) is 9.60. The smallest absolute Gasteiger partial charge is 0.279 e. The summed E-state index contributed by atoms with van der Waals surface area (Å²) >= 11 is 0. The van der Waals surface area contributed by atoms with Crippen LogP contribution in [0.2, 0.25) is 0 Å². The van der Waals surface area contributed by atoms with Crippen molar-refractivity contribution >= 4 is 11.6 Å². The second kappa shape index (κ2) is 6.75. The molecule has 0 saturated carbocycles. The number of methoxy groups -OCH3 is 1. The van der Waals surface area contributed by atoms with Crippen LogP contribution in [-0.4, -0.2) is 32.1 Å². The van der Waals surface area contributed by atoms with Crippen LogP contribution in [0.5, 0.6) is 5.75 Å². The normalized spacial score (nSPS) is 22.4. The summed E-state index contributed by atoms with van der Waals surface area (Å²) in [4.78, 5) is 13.6. The summed E-state index contributed by atoms with van der Waals surface area (Å²) in [7, 11) is 1.62. The fourth-order valence-electron chi connectivity index (χ4n) is 2.84. The highest BCUT2D eigenvalue weighted by molar-refractivity contribution is 5.93. The number of hydrogen-bond acceptors (Lipinski definition) is 2. The monoisotopic (exact) mass is 277 g/mol. The van der Waals surface area contributed by atoms with Crippen molar-refractivity contribution in [2.75, 3.05) is 25.5 Å². The van der Waals surface area contributed by atoms with Crippen LogP contribution in [0.4, 0.5) is 5.69 Å². The van der Waals surface area contributed by atoms with Gasteiger partial charge in [0.25, 0.3) is 5.91 Å². The molecule has 2 rings (SSSR count). The SMILES string of the molecule is COc1ccc(C)cc1NC(=O)C[NH+]1CCCC[C@@H]1C. The molecular weight excluding hydrogens is 252 g/mol. The molecule has 1 aromatic carbocycles. The molecule has 2 atom stereocenters. The molecule has 1 aliphatic heterocycles. The van der Waals surface area contributed by atoms with E-state index in [4.69, 9.17) is 4.74 Å². The zero-order valence-electron chi connectivity index (χ0n) is 12.7. The van der Waals surface area contributed by atoms with Crippen LogP contribution in [0.1, 0.15) is 31.7 Å². The van der Waals surface area contributed by atoms with E-state index in [1.807, 2.05) is 25.1 Å². The van der Waals surface area contributed by atoms with Gasteiger partial charge in [-0.1, -0.05) is 6.07 Å². The van der Waals surface area contributed by atoms with E-state index in [0.717, 1.165) is 17.8 Å². The zero-order valence-corrected chi connectivity index (χ0v) is 12.7. The van der Waals surface area contributed by atoms with Crippen molar-refractivity contribution in [2.24, 2.45) is 0 Å². The van der Waals surface area contributed by atoms with Crippen LogP contribution < -0.4 is 15.0 Å². The number of carbonyl (C=O) groups is 1. The Hall–Kier alpha value is -1.55. The molecule has 1 heterocycles. The van der Waals surface area contributed by atoms with Gasteiger partial charge in [0.2, 0.25) is 0 Å². The predicted octanol–water partition coefficient (Wildman–Crippen LogP) is 1.40. The van der Waals surface area contributed by atoms with E-state index >= 15 is 0 Å². The molecule has 1 unspecified atom stereocenters. The minimum atomic E-state index is 0.0673. The number of carbonyl (C=O) groups excluding carboxylic acids is 1. The highest BCUT2D eigenvalue weighted by Gasteiger charge is 2.24. The second-order valence-electron chi connectivity index (χ2n) is 5.73. The zero-order chi connectivity index (χ0) is 14.5. The summed E-state index contributed by atoms with van der Waals surface area (Å²) in [6.45, 7) is 5.87. The summed E-state index contributed by atoms with van der Waals surface area (Å²) in [5, 5.41) is 2.99. The topological polar surface area (TPSA) is 42.8 Å². The Morgan fingerprint density at radius 1 is 1.45 bits per heavy atom. The van der Waals surface area contributed by atoms with E-state index in [9.17, 15) is 4.79 Å². The van der Waals surface area contributed by atoms with Crippen molar-refractivity contribution in [1.29, 1.82) is 0 Å². The fraction of sp³-hybridized carbons (Fsp3) is 0.562. The fourth-order valence-corrected chi connectivity index (χ4v) is 2.84. The third-order valence-corrected chi connectivity index (χ3v) is 4.10. The highest BCUT2D eigenvalue weighted by Crippen LogP contribution is 2.24. The van der Waals surface area contributed by atoms with Crippen molar-refractivity contribution in [3.63, 3.8) is 0 Å². The van der Waals surface area contributed by atoms with Crippen LogP contribution in [0.25, 0.3) is 0 Å². The molecule has 110 valence electrons. The molecule has 1 amide bonds. The molecule has 4 nitrogen and oxygen atoms in total. The predicted molar refractivity (Wildman–Crippen MR) is 80.4 cm³/mol. The summed E-state index contributed by atoms with van der Waals surface area (Å²) in [6, 6.07) is 6.40. The summed E-state index contributed by atoms with van der Waals surface area (Å²) in [5.41, 5.74) is 1.88. The average Bonchev–Trinajstić information content (AvgIpc) is 2.41. The van der Waals surface area contributed by atoms with E-state index < -0.39 is 0 Å². The van der Waals surface area contributed by atoms with Gasteiger partial charge < -0.3 is 15.0 Å². The lowest BCUT2D eigenvalue weighted by Crippen LogP contribution is -3.17. The molecule has 1 aliphatic rings. The number of benzene rings is 1. The Morgan fingerprint density at radius 2 is 2.25 bits per heavy atom. The van der Waals surface area contributed by atoms with Crippen LogP contribution in [0.15, 0.2) is 18.2 Å². The lowest BCUT2D eigenvalue weighted by molar-refractivity contribution is -0.920. The number of ether oxygens (including phenoxy) is 1. The standard InChI is InChI=1S/C16H24N2O2/c1-12-7-8-15(20-3)14(10-12)17-16(19)11-18-9-5-4-6-13(18)2/h7-8,10,13H,4-6,9,11H2,1-3H3,(H,17,19)/p+1/t13-/m0/s1. The van der Waals surface area contributed by atoms with Crippen molar-refractivity contribution < 1.29 is 14.4 Å². The maximum absolute atomic E-state index is 12.2. The first-order valence-corrected chi connectivity index (χ1v) is 7.39. The summed E-state index contributed by atoms with van der Waals surface area (Å²) in [5.74, 6) is 0.781. The van der Waals surface area contributed by atoms with Crippen molar-refractivity contribution in [2.45, 2.75) is 39.2 Å². The molecule has 1 fully saturated rings. The molecule has 20 heavy (non-hydrogen) atoms. The van der Waals surface area contributed by atoms with E-state index in [1.54, 1.807) is 7.11 Å². The number of anilines is 1. The number of hydrogen-bond donors (Lipinski definition) is 2. The minimum Gasteiger partial charge on any atom is -0.495 e. The number of nitrogens with one attached hydrogen (secondary N) is 2. The third kappa shape index (κ3) is 3.73. The lowest BCUT2D eigenvalue weighted by atomic mass is 10.0. The van der Waals surface area contributed by atoms with Crippen LogP contribution in [-0.2, 0) is 4.79 Å². The van der Waals surface area contributed by atoms with E-state index in [2.05, 4.69) is 12.2 Å². The molecule has 0 aliphatic carbocycles. The minimum absolute atomic E-state index is 0.0673. The average molecular weight is 277 g/mol. The van der Waals surface area contributed by atoms with Gasteiger partial charge >= 0.3 is 0 Å². The Balaban J connectivity index is 1.99. The first-order valence-electron chi connectivity index (χ1n) is 7.39. The van der Waals surface area contributed by atoms with Gasteiger partial charge in [0, 0.05) is 0 Å². The third-order valence-electron chi connectivity index (χ3n) is 4.10. The largest absolute Gasteiger partial charge is 0.495 e. The van der Waals surface area contributed by atoms with Gasteiger partial charge in [-0.05, 0) is 50.8 Å². The lowest BCUT2D eigenvalue weighted by Gasteiger charge is -2.29. The van der Waals surface area contributed by atoms with E-state index in [-0.39, 0.29) is 5.91 Å². The van der Waals surface area contributed by atoms with Gasteiger partial charge in [-0.3, -0.25) is 4.79 Å². The number of piperidine rings is 1. The van der Waals surface area contributed by atoms with Gasteiger partial charge in [0.05, 0.1) is 25.4 Å². The molecule has 0 spiro atoms. The van der Waals surface area contributed by atoms with Gasteiger partial charge in [0.15, 0.2) is 6.54 Å². The Bertz CT molecular complexity index is 474. The van der Waals surface area contributed by atoms with Crippen molar-refractivity contribution in [3.8, 4) is 5.75 Å². The Kier molecular flexibility index (Phi) is 5.01. The second-order valence-corrected chi connectivity index (χ2v) is 5.73. The van der Waals surface area contributed by atoms with Crippen molar-refractivity contribution in [1.82, 2.24) is 0 Å². The van der Waals surface area contributed by atoms with Gasteiger partial charge in [-0.15, -0.1) is 0 Å². The summed E-state index contributed by atoms with van der Waals surface area (Å²) < 4.78 is 5.29. The quantitative estimate of drug-likeness (QED) is 0.873. The molecule has 4 heteroatoms. The van der Waals surface area contributed by atoms with E-state index in [1.165, 1.54) is 24.2 Å². The maximum atomic E-state index is 12.2.